The highest BCUT2D eigenvalue weighted by molar-refractivity contribution is 9.10. The van der Waals surface area contributed by atoms with E-state index in [4.69, 9.17) is 4.74 Å². The summed E-state index contributed by atoms with van der Waals surface area (Å²) < 4.78 is 6.57. The van der Waals surface area contributed by atoms with Crippen LogP contribution < -0.4 is 4.74 Å². The second kappa shape index (κ2) is 7.85. The Balaban J connectivity index is 1.88. The Morgan fingerprint density at radius 1 is 1.23 bits per heavy atom. The first kappa shape index (κ1) is 19.0. The Hall–Kier alpha value is -1.77. The van der Waals surface area contributed by atoms with Crippen LogP contribution >= 0.6 is 43.6 Å². The number of hydrogen-bond acceptors (Lipinski definition) is 5. The van der Waals surface area contributed by atoms with Crippen LogP contribution in [-0.2, 0) is 11.3 Å². The van der Waals surface area contributed by atoms with Gasteiger partial charge in [-0.05, 0) is 53.2 Å². The third kappa shape index (κ3) is 3.97. The van der Waals surface area contributed by atoms with Crippen molar-refractivity contribution in [3.8, 4) is 11.5 Å². The normalized spacial score (nSPS) is 15.8. The molecule has 8 heteroatoms. The summed E-state index contributed by atoms with van der Waals surface area (Å²) in [6.07, 6.45) is 1.61. The first-order valence-electron chi connectivity index (χ1n) is 7.45. The van der Waals surface area contributed by atoms with E-state index in [0.29, 0.717) is 14.9 Å². The van der Waals surface area contributed by atoms with E-state index in [1.54, 1.807) is 12.1 Å². The van der Waals surface area contributed by atoms with Gasteiger partial charge in [0.2, 0.25) is 0 Å². The zero-order chi connectivity index (χ0) is 18.8. The molecule has 1 aliphatic rings. The largest absolute Gasteiger partial charge is 0.504 e. The number of imide groups is 1. The fraction of sp³-hybridized carbons (Fsp3) is 0.111. The zero-order valence-corrected chi connectivity index (χ0v) is 17.5. The molecule has 5 nitrogen and oxygen atoms in total. The van der Waals surface area contributed by atoms with Crippen molar-refractivity contribution in [2.75, 3.05) is 7.11 Å². The van der Waals surface area contributed by atoms with Gasteiger partial charge in [0.25, 0.3) is 11.1 Å². The number of methoxy groups -OCH3 is 1. The number of amides is 2. The van der Waals surface area contributed by atoms with Crippen LogP contribution in [0, 0.1) is 0 Å². The van der Waals surface area contributed by atoms with Crippen molar-refractivity contribution >= 4 is 60.8 Å². The van der Waals surface area contributed by atoms with Gasteiger partial charge in [-0.1, -0.05) is 44.0 Å². The number of carbonyl (C=O) groups is 2. The van der Waals surface area contributed by atoms with Crippen LogP contribution in [0.4, 0.5) is 4.79 Å². The second-order valence-corrected chi connectivity index (χ2v) is 8.21. The van der Waals surface area contributed by atoms with Gasteiger partial charge < -0.3 is 9.84 Å². The number of nitrogens with zero attached hydrogens (tertiary/aromatic N) is 1. The van der Waals surface area contributed by atoms with Crippen molar-refractivity contribution in [1.29, 1.82) is 0 Å². The number of halogens is 2. The highest BCUT2D eigenvalue weighted by Gasteiger charge is 2.35. The smallest absolute Gasteiger partial charge is 0.293 e. The molecule has 0 radical (unpaired) electrons. The molecule has 3 rings (SSSR count). The van der Waals surface area contributed by atoms with Crippen LogP contribution in [0.15, 0.2) is 50.2 Å². The number of aromatic hydroxyl groups is 1. The summed E-state index contributed by atoms with van der Waals surface area (Å²) in [4.78, 5) is 26.5. The minimum absolute atomic E-state index is 0.0146. The number of thioether (sulfide) groups is 1. The standard InChI is InChI=1S/C18H13Br2NO4S/c1-25-15-6-11(13(20)8-14(15)22)7-16-17(23)21(18(24)26-16)9-10-3-2-4-12(19)5-10/h2-8,22H,9H2,1H3/b16-7-. The average molecular weight is 499 g/mol. The molecule has 1 fully saturated rings. The van der Waals surface area contributed by atoms with Crippen LogP contribution in [0.5, 0.6) is 11.5 Å². The SMILES string of the molecule is COc1cc(/C=C2\SC(=O)N(Cc3cccc(Br)c3)C2=O)c(Br)cc1O. The Bertz CT molecular complexity index is 929. The monoisotopic (exact) mass is 497 g/mol. The van der Waals surface area contributed by atoms with Gasteiger partial charge in [0.05, 0.1) is 18.6 Å². The molecule has 26 heavy (non-hydrogen) atoms. The number of ether oxygens (including phenoxy) is 1. The van der Waals surface area contributed by atoms with Crippen molar-refractivity contribution in [3.63, 3.8) is 0 Å². The fourth-order valence-electron chi connectivity index (χ4n) is 2.43. The summed E-state index contributed by atoms with van der Waals surface area (Å²) in [6.45, 7) is 0.210. The summed E-state index contributed by atoms with van der Waals surface area (Å²) in [5.74, 6) is -0.0778. The van der Waals surface area contributed by atoms with E-state index in [9.17, 15) is 14.7 Å². The quantitative estimate of drug-likeness (QED) is 0.589. The molecule has 0 bridgehead atoms. The van der Waals surface area contributed by atoms with Crippen LogP contribution in [0.1, 0.15) is 11.1 Å². The lowest BCUT2D eigenvalue weighted by Crippen LogP contribution is -2.27. The van der Waals surface area contributed by atoms with E-state index in [-0.39, 0.29) is 29.2 Å². The molecule has 134 valence electrons. The molecule has 2 aromatic rings. The van der Waals surface area contributed by atoms with Gasteiger partial charge in [-0.3, -0.25) is 14.5 Å². The molecule has 2 aromatic carbocycles. The maximum atomic E-state index is 12.7. The number of rotatable bonds is 4. The number of carbonyl (C=O) groups excluding carboxylic acids is 2. The van der Waals surface area contributed by atoms with Gasteiger partial charge in [-0.25, -0.2) is 0 Å². The molecule has 1 saturated heterocycles. The molecule has 1 aliphatic heterocycles. The lowest BCUT2D eigenvalue weighted by atomic mass is 10.1. The lowest BCUT2D eigenvalue weighted by molar-refractivity contribution is -0.123. The van der Waals surface area contributed by atoms with E-state index in [1.165, 1.54) is 18.1 Å². The van der Waals surface area contributed by atoms with Gasteiger partial charge in [-0.15, -0.1) is 0 Å². The van der Waals surface area contributed by atoms with E-state index in [1.807, 2.05) is 24.3 Å². The van der Waals surface area contributed by atoms with Gasteiger partial charge in [0.15, 0.2) is 11.5 Å². The molecular weight excluding hydrogens is 486 g/mol. The molecule has 0 unspecified atom stereocenters. The minimum atomic E-state index is -0.348. The van der Waals surface area contributed by atoms with E-state index >= 15 is 0 Å². The average Bonchev–Trinajstić information content (AvgIpc) is 2.85. The molecule has 0 spiro atoms. The molecule has 1 N–H and O–H groups in total. The summed E-state index contributed by atoms with van der Waals surface area (Å²) in [5.41, 5.74) is 1.49. The Kier molecular flexibility index (Phi) is 5.74. The summed E-state index contributed by atoms with van der Waals surface area (Å²) in [5, 5.41) is 9.47. The van der Waals surface area contributed by atoms with Crippen molar-refractivity contribution in [2.24, 2.45) is 0 Å². The van der Waals surface area contributed by atoms with Crippen LogP contribution in [0.25, 0.3) is 6.08 Å². The zero-order valence-electron chi connectivity index (χ0n) is 13.5. The Labute approximate surface area is 171 Å². The third-order valence-corrected chi connectivity index (χ3v) is 5.78. The topological polar surface area (TPSA) is 66.8 Å². The highest BCUT2D eigenvalue weighted by Crippen LogP contribution is 2.37. The highest BCUT2D eigenvalue weighted by atomic mass is 79.9. The van der Waals surface area contributed by atoms with Gasteiger partial charge in [0, 0.05) is 8.95 Å². The molecule has 0 aliphatic carbocycles. The predicted octanol–water partition coefficient (Wildman–Crippen LogP) is 5.16. The van der Waals surface area contributed by atoms with E-state index < -0.39 is 0 Å². The van der Waals surface area contributed by atoms with Crippen LogP contribution in [0.2, 0.25) is 0 Å². The van der Waals surface area contributed by atoms with Gasteiger partial charge in [0.1, 0.15) is 0 Å². The molecule has 1 heterocycles. The van der Waals surface area contributed by atoms with E-state index in [0.717, 1.165) is 21.8 Å². The second-order valence-electron chi connectivity index (χ2n) is 5.44. The molecule has 0 aromatic heterocycles. The van der Waals surface area contributed by atoms with Crippen LogP contribution in [-0.4, -0.2) is 28.3 Å². The number of hydrogen-bond donors (Lipinski definition) is 1. The lowest BCUT2D eigenvalue weighted by Gasteiger charge is -2.12. The van der Waals surface area contributed by atoms with Crippen molar-refractivity contribution < 1.29 is 19.4 Å². The predicted molar refractivity (Wildman–Crippen MR) is 108 cm³/mol. The fourth-order valence-corrected chi connectivity index (χ4v) is 4.15. The molecule has 2 amide bonds. The first-order chi connectivity index (χ1) is 12.4. The number of phenolic OH excluding ortho intramolecular Hbond substituents is 1. The van der Waals surface area contributed by atoms with Crippen molar-refractivity contribution in [2.45, 2.75) is 6.54 Å². The molecule has 0 atom stereocenters. The molecule has 0 saturated carbocycles. The van der Waals surface area contributed by atoms with E-state index in [2.05, 4.69) is 31.9 Å². The van der Waals surface area contributed by atoms with Gasteiger partial charge in [-0.2, -0.15) is 0 Å². The maximum Gasteiger partial charge on any atom is 0.293 e. The molecular formula is C18H13Br2NO4S. The van der Waals surface area contributed by atoms with Gasteiger partial charge >= 0.3 is 0 Å². The maximum absolute atomic E-state index is 12.7. The number of benzene rings is 2. The van der Waals surface area contributed by atoms with Crippen LogP contribution in [0.3, 0.4) is 0 Å². The minimum Gasteiger partial charge on any atom is -0.504 e. The summed E-state index contributed by atoms with van der Waals surface area (Å²) >= 11 is 7.62. The Morgan fingerprint density at radius 3 is 2.69 bits per heavy atom. The summed E-state index contributed by atoms with van der Waals surface area (Å²) in [6, 6.07) is 10.5. The Morgan fingerprint density at radius 2 is 2.00 bits per heavy atom. The third-order valence-electron chi connectivity index (χ3n) is 3.69. The van der Waals surface area contributed by atoms with Crippen molar-refractivity contribution in [1.82, 2.24) is 4.90 Å². The van der Waals surface area contributed by atoms with Crippen molar-refractivity contribution in [3.05, 3.63) is 61.4 Å². The number of phenols is 1. The summed E-state index contributed by atoms with van der Waals surface area (Å²) in [7, 11) is 1.44. The first-order valence-corrected chi connectivity index (χ1v) is 9.85.